The van der Waals surface area contributed by atoms with Gasteiger partial charge in [-0.1, -0.05) is 0 Å². The number of thiol groups is 1. The Balaban J connectivity index is 0.000000146. The zero-order chi connectivity index (χ0) is 10.4. The molecule has 7 heteroatoms. The van der Waals surface area contributed by atoms with Crippen LogP contribution in [0.15, 0.2) is 29.4 Å². The predicted molar refractivity (Wildman–Crippen MR) is 51.2 cm³/mol. The summed E-state index contributed by atoms with van der Waals surface area (Å²) in [7, 11) is 0. The maximum absolute atomic E-state index is 8.65. The number of aromatic amines is 1. The largest absolute Gasteiger partial charge is 0.508 e. The molecule has 0 spiro atoms. The SMILES string of the molecule is Oc1ccc(O)cc1.Sc1nnn[nH]1. The van der Waals surface area contributed by atoms with E-state index in [9.17, 15) is 0 Å². The summed E-state index contributed by atoms with van der Waals surface area (Å²) in [6, 6.07) is 5.70. The van der Waals surface area contributed by atoms with Crippen molar-refractivity contribution < 1.29 is 10.2 Å². The summed E-state index contributed by atoms with van der Waals surface area (Å²) in [5.74, 6) is 0.339. The highest BCUT2D eigenvalue weighted by atomic mass is 32.1. The lowest BCUT2D eigenvalue weighted by atomic mass is 10.3. The normalized spacial score (nSPS) is 8.93. The van der Waals surface area contributed by atoms with Gasteiger partial charge in [0.1, 0.15) is 11.5 Å². The highest BCUT2D eigenvalue weighted by molar-refractivity contribution is 7.80. The number of phenolic OH excluding ortho intramolecular Hbond substituents is 2. The first-order valence-electron chi connectivity index (χ1n) is 3.59. The lowest BCUT2D eigenvalue weighted by molar-refractivity contribution is 0.460. The molecule has 2 rings (SSSR count). The molecule has 14 heavy (non-hydrogen) atoms. The average Bonchev–Trinajstić information content (AvgIpc) is 2.63. The van der Waals surface area contributed by atoms with Gasteiger partial charge in [0.05, 0.1) is 0 Å². The molecule has 2 aromatic rings. The number of tetrazole rings is 1. The number of hydrogen-bond donors (Lipinski definition) is 4. The summed E-state index contributed by atoms with van der Waals surface area (Å²) >= 11 is 3.74. The number of nitrogens with one attached hydrogen (secondary N) is 1. The molecule has 0 aliphatic carbocycles. The Morgan fingerprint density at radius 1 is 1.07 bits per heavy atom. The van der Waals surface area contributed by atoms with Gasteiger partial charge in [0.2, 0.25) is 5.16 Å². The molecule has 1 aromatic carbocycles. The molecule has 0 radical (unpaired) electrons. The van der Waals surface area contributed by atoms with E-state index in [2.05, 4.69) is 33.3 Å². The van der Waals surface area contributed by atoms with Crippen molar-refractivity contribution in [3.05, 3.63) is 24.3 Å². The van der Waals surface area contributed by atoms with E-state index in [1.165, 1.54) is 24.3 Å². The number of phenols is 2. The molecule has 0 bridgehead atoms. The van der Waals surface area contributed by atoms with Crippen LogP contribution in [0.25, 0.3) is 0 Å². The van der Waals surface area contributed by atoms with Gasteiger partial charge < -0.3 is 10.2 Å². The molecule has 6 nitrogen and oxygen atoms in total. The van der Waals surface area contributed by atoms with E-state index in [0.29, 0.717) is 5.16 Å². The summed E-state index contributed by atoms with van der Waals surface area (Å²) in [5, 5.41) is 29.9. The van der Waals surface area contributed by atoms with Crippen LogP contribution < -0.4 is 0 Å². The molecular weight excluding hydrogens is 204 g/mol. The molecule has 0 saturated heterocycles. The summed E-state index contributed by atoms with van der Waals surface area (Å²) in [6.07, 6.45) is 0. The van der Waals surface area contributed by atoms with E-state index in [4.69, 9.17) is 10.2 Å². The lowest BCUT2D eigenvalue weighted by Crippen LogP contribution is -1.64. The van der Waals surface area contributed by atoms with Crippen molar-refractivity contribution in [2.24, 2.45) is 0 Å². The minimum atomic E-state index is 0.169. The van der Waals surface area contributed by atoms with Crippen molar-refractivity contribution in [3.8, 4) is 11.5 Å². The van der Waals surface area contributed by atoms with Crippen LogP contribution in [0.5, 0.6) is 11.5 Å². The fraction of sp³-hybridized carbons (Fsp3) is 0. The number of H-pyrrole nitrogens is 1. The molecule has 0 unspecified atom stereocenters. The van der Waals surface area contributed by atoms with Gasteiger partial charge >= 0.3 is 0 Å². The van der Waals surface area contributed by atoms with E-state index in [1.54, 1.807) is 0 Å². The standard InChI is InChI=1S/C6H6O2.CH2N4S/c7-5-1-2-6(8)4-3-5;6-1-2-4-5-3-1/h1-4,7-8H;(H2,2,3,4,5,6). The van der Waals surface area contributed by atoms with Crippen molar-refractivity contribution in [2.45, 2.75) is 5.16 Å². The van der Waals surface area contributed by atoms with E-state index < -0.39 is 0 Å². The zero-order valence-corrected chi connectivity index (χ0v) is 7.89. The molecule has 0 saturated carbocycles. The van der Waals surface area contributed by atoms with Crippen molar-refractivity contribution in [2.75, 3.05) is 0 Å². The molecular formula is C7H8N4O2S. The van der Waals surface area contributed by atoms with Crippen LogP contribution in [0.1, 0.15) is 0 Å². The number of rotatable bonds is 0. The van der Waals surface area contributed by atoms with Crippen LogP contribution in [-0.2, 0) is 0 Å². The Morgan fingerprint density at radius 2 is 1.57 bits per heavy atom. The summed E-state index contributed by atoms with van der Waals surface area (Å²) < 4.78 is 0. The molecule has 3 N–H and O–H groups in total. The van der Waals surface area contributed by atoms with Gasteiger partial charge in [0.25, 0.3) is 0 Å². The van der Waals surface area contributed by atoms with Gasteiger partial charge in [-0.05, 0) is 34.7 Å². The van der Waals surface area contributed by atoms with Crippen molar-refractivity contribution in [1.29, 1.82) is 0 Å². The fourth-order valence-corrected chi connectivity index (χ4v) is 0.692. The van der Waals surface area contributed by atoms with Crippen LogP contribution in [0.3, 0.4) is 0 Å². The van der Waals surface area contributed by atoms with Crippen molar-refractivity contribution in [1.82, 2.24) is 20.6 Å². The highest BCUT2D eigenvalue weighted by Crippen LogP contribution is 2.13. The minimum Gasteiger partial charge on any atom is -0.508 e. The molecule has 74 valence electrons. The summed E-state index contributed by atoms with van der Waals surface area (Å²) in [6.45, 7) is 0. The molecule has 0 atom stereocenters. The molecule has 0 aliphatic heterocycles. The van der Waals surface area contributed by atoms with Gasteiger partial charge in [-0.3, -0.25) is 0 Å². The third-order valence-corrected chi connectivity index (χ3v) is 1.37. The molecule has 0 amide bonds. The first kappa shape index (κ1) is 10.3. The Bertz CT molecular complexity index is 341. The zero-order valence-electron chi connectivity index (χ0n) is 6.99. The van der Waals surface area contributed by atoms with Gasteiger partial charge in [0, 0.05) is 0 Å². The van der Waals surface area contributed by atoms with E-state index in [0.717, 1.165) is 0 Å². The number of benzene rings is 1. The smallest absolute Gasteiger partial charge is 0.203 e. The number of aromatic nitrogens is 4. The minimum absolute atomic E-state index is 0.169. The number of aromatic hydroxyl groups is 2. The first-order valence-corrected chi connectivity index (χ1v) is 4.04. The van der Waals surface area contributed by atoms with Crippen LogP contribution in [0.4, 0.5) is 0 Å². The van der Waals surface area contributed by atoms with E-state index in [-0.39, 0.29) is 11.5 Å². The maximum Gasteiger partial charge on any atom is 0.203 e. The first-order chi connectivity index (χ1) is 6.68. The molecule has 0 fully saturated rings. The van der Waals surface area contributed by atoms with Crippen LogP contribution in [0.2, 0.25) is 0 Å². The molecule has 1 aromatic heterocycles. The van der Waals surface area contributed by atoms with E-state index >= 15 is 0 Å². The third kappa shape index (κ3) is 3.76. The lowest BCUT2D eigenvalue weighted by Gasteiger charge is -1.88. The predicted octanol–water partition coefficient (Wildman–Crippen LogP) is 0.586. The van der Waals surface area contributed by atoms with Crippen molar-refractivity contribution in [3.63, 3.8) is 0 Å². The second kappa shape index (κ2) is 5.07. The number of hydrogen-bond acceptors (Lipinski definition) is 6. The average molecular weight is 212 g/mol. The van der Waals surface area contributed by atoms with Crippen molar-refractivity contribution >= 4 is 12.6 Å². The Hall–Kier alpha value is -1.76. The van der Waals surface area contributed by atoms with Crippen LogP contribution >= 0.6 is 12.6 Å². The summed E-state index contributed by atoms with van der Waals surface area (Å²) in [5.41, 5.74) is 0. The van der Waals surface area contributed by atoms with Gasteiger partial charge in [-0.15, -0.1) is 17.7 Å². The third-order valence-electron chi connectivity index (χ3n) is 1.18. The Labute approximate surface area is 85.0 Å². The summed E-state index contributed by atoms with van der Waals surface area (Å²) in [4.78, 5) is 0. The highest BCUT2D eigenvalue weighted by Gasteiger charge is 1.84. The van der Waals surface area contributed by atoms with Gasteiger partial charge in [-0.25, -0.2) is 5.10 Å². The molecule has 0 aliphatic rings. The van der Waals surface area contributed by atoms with Gasteiger partial charge in [-0.2, -0.15) is 0 Å². The fourth-order valence-electron chi connectivity index (χ4n) is 0.607. The second-order valence-corrected chi connectivity index (χ2v) is 2.66. The van der Waals surface area contributed by atoms with Gasteiger partial charge in [0.15, 0.2) is 0 Å². The van der Waals surface area contributed by atoms with Crippen LogP contribution in [-0.4, -0.2) is 30.8 Å². The second-order valence-electron chi connectivity index (χ2n) is 2.24. The monoisotopic (exact) mass is 212 g/mol. The quantitative estimate of drug-likeness (QED) is 0.378. The number of nitrogens with zero attached hydrogens (tertiary/aromatic N) is 3. The Kier molecular flexibility index (Phi) is 3.74. The topological polar surface area (TPSA) is 94.9 Å². The van der Waals surface area contributed by atoms with Crippen LogP contribution in [0, 0.1) is 0 Å². The molecule has 1 heterocycles. The Morgan fingerprint density at radius 3 is 1.79 bits per heavy atom. The maximum atomic E-state index is 8.65. The van der Waals surface area contributed by atoms with E-state index in [1.807, 2.05) is 0 Å².